The first-order valence-corrected chi connectivity index (χ1v) is 11.6. The van der Waals surface area contributed by atoms with E-state index in [1.54, 1.807) is 47.6 Å². The minimum absolute atomic E-state index is 0.198. The van der Waals surface area contributed by atoms with Crippen molar-refractivity contribution in [1.29, 1.82) is 0 Å². The predicted molar refractivity (Wildman–Crippen MR) is 121 cm³/mol. The molecule has 0 unspecified atom stereocenters. The highest BCUT2D eigenvalue weighted by Gasteiger charge is 2.29. The van der Waals surface area contributed by atoms with Crippen LogP contribution in [0.1, 0.15) is 12.0 Å². The summed E-state index contributed by atoms with van der Waals surface area (Å²) in [6.07, 6.45) is 6.66. The molecule has 1 amide bonds. The quantitative estimate of drug-likeness (QED) is 0.464. The lowest BCUT2D eigenvalue weighted by Gasteiger charge is -2.22. The summed E-state index contributed by atoms with van der Waals surface area (Å²) in [5.74, 6) is -0.739. The van der Waals surface area contributed by atoms with E-state index >= 15 is 0 Å². The van der Waals surface area contributed by atoms with Crippen molar-refractivity contribution in [2.24, 2.45) is 0 Å². The number of nitrogens with zero attached hydrogens (tertiary/aromatic N) is 3. The molecule has 1 aliphatic rings. The van der Waals surface area contributed by atoms with Crippen molar-refractivity contribution >= 4 is 32.8 Å². The van der Waals surface area contributed by atoms with Crippen LogP contribution in [0.15, 0.2) is 65.8 Å². The first-order valence-electron chi connectivity index (χ1n) is 10.2. The van der Waals surface area contributed by atoms with Gasteiger partial charge in [0.05, 0.1) is 4.90 Å². The van der Waals surface area contributed by atoms with Gasteiger partial charge < -0.3 is 15.1 Å². The predicted octanol–water partition coefficient (Wildman–Crippen LogP) is 2.58. The average molecular weight is 454 g/mol. The van der Waals surface area contributed by atoms with Gasteiger partial charge in [0.25, 0.3) is 0 Å². The summed E-state index contributed by atoms with van der Waals surface area (Å²) >= 11 is 0. The van der Waals surface area contributed by atoms with E-state index in [9.17, 15) is 23.4 Å². The second kappa shape index (κ2) is 8.97. The fraction of sp³-hybridized carbons (Fsp3) is 0.217. The molecule has 8 nitrogen and oxygen atoms in total. The average Bonchev–Trinajstić information content (AvgIpc) is 3.06. The number of carbonyl (C=O) groups is 1. The number of fused-ring (bicyclic) bond motifs is 1. The molecule has 32 heavy (non-hydrogen) atoms. The van der Waals surface area contributed by atoms with Gasteiger partial charge in [0.1, 0.15) is 0 Å². The molecule has 0 bridgehead atoms. The minimum atomic E-state index is -3.73. The highest BCUT2D eigenvalue weighted by Crippen LogP contribution is 2.27. The van der Waals surface area contributed by atoms with Crippen molar-refractivity contribution < 1.29 is 23.4 Å². The zero-order chi connectivity index (χ0) is 22.7. The van der Waals surface area contributed by atoms with Gasteiger partial charge in [-0.25, -0.2) is 8.42 Å². The standard InChI is InChI=1S/C23H23N3O5S/c27-20-7-5-17(15-21(20)28)6-8-23(29)25-11-2-12-26(14-13-25)32(30,31)22-4-1-3-18-16-24-10-9-19(18)22/h1,3-10,15-16,27-28H,2,11-14H2/b8-6+. The number of aromatic nitrogens is 1. The van der Waals surface area contributed by atoms with E-state index in [2.05, 4.69) is 4.98 Å². The number of amides is 1. The molecule has 1 aromatic heterocycles. The smallest absolute Gasteiger partial charge is 0.246 e. The maximum Gasteiger partial charge on any atom is 0.246 e. The summed E-state index contributed by atoms with van der Waals surface area (Å²) in [7, 11) is -3.73. The zero-order valence-electron chi connectivity index (χ0n) is 17.3. The normalized spacial score (nSPS) is 15.8. The first-order chi connectivity index (χ1) is 15.4. The highest BCUT2D eigenvalue weighted by atomic mass is 32.2. The Labute approximate surface area is 186 Å². The van der Waals surface area contributed by atoms with Crippen molar-refractivity contribution in [3.63, 3.8) is 0 Å². The number of carbonyl (C=O) groups excluding carboxylic acids is 1. The molecule has 3 aromatic rings. The Hall–Kier alpha value is -3.43. The van der Waals surface area contributed by atoms with E-state index in [-0.39, 0.29) is 35.4 Å². The van der Waals surface area contributed by atoms with E-state index in [1.165, 1.54) is 22.5 Å². The molecule has 0 saturated carbocycles. The molecule has 0 spiro atoms. The second-order valence-corrected chi connectivity index (χ2v) is 9.42. The van der Waals surface area contributed by atoms with Gasteiger partial charge >= 0.3 is 0 Å². The monoisotopic (exact) mass is 453 g/mol. The molecule has 2 heterocycles. The third-order valence-corrected chi connectivity index (χ3v) is 7.40. The molecule has 2 N–H and O–H groups in total. The molecule has 1 aliphatic heterocycles. The van der Waals surface area contributed by atoms with Gasteiger partial charge in [-0.05, 0) is 42.3 Å². The molecule has 9 heteroatoms. The summed E-state index contributed by atoms with van der Waals surface area (Å²) in [6.45, 7) is 1.23. The van der Waals surface area contributed by atoms with Crippen molar-refractivity contribution in [2.45, 2.75) is 11.3 Å². The molecule has 166 valence electrons. The van der Waals surface area contributed by atoms with Crippen LogP contribution in [-0.4, -0.2) is 64.9 Å². The molecule has 0 atom stereocenters. The Kier molecular flexibility index (Phi) is 6.11. The Morgan fingerprint density at radius 1 is 1.00 bits per heavy atom. The van der Waals surface area contributed by atoms with Crippen molar-refractivity contribution in [1.82, 2.24) is 14.2 Å². The van der Waals surface area contributed by atoms with Crippen LogP contribution in [-0.2, 0) is 14.8 Å². The number of hydrogen-bond acceptors (Lipinski definition) is 6. The highest BCUT2D eigenvalue weighted by molar-refractivity contribution is 7.89. The lowest BCUT2D eigenvalue weighted by molar-refractivity contribution is -0.125. The number of phenolic OH excluding ortho intramolecular Hbond substituents is 2. The van der Waals surface area contributed by atoms with Crippen molar-refractivity contribution in [2.75, 3.05) is 26.2 Å². The summed E-state index contributed by atoms with van der Waals surface area (Å²) < 4.78 is 28.1. The Morgan fingerprint density at radius 3 is 2.66 bits per heavy atom. The molecular weight excluding hydrogens is 430 g/mol. The van der Waals surface area contributed by atoms with E-state index < -0.39 is 10.0 Å². The zero-order valence-corrected chi connectivity index (χ0v) is 18.1. The molecule has 1 saturated heterocycles. The fourth-order valence-electron chi connectivity index (χ4n) is 3.73. The van der Waals surface area contributed by atoms with Crippen LogP contribution in [0.5, 0.6) is 11.5 Å². The Morgan fingerprint density at radius 2 is 1.84 bits per heavy atom. The van der Waals surface area contributed by atoms with Gasteiger partial charge in [-0.2, -0.15) is 4.31 Å². The van der Waals surface area contributed by atoms with E-state index in [4.69, 9.17) is 0 Å². The Bertz CT molecular complexity index is 1280. The lowest BCUT2D eigenvalue weighted by atomic mass is 10.2. The van der Waals surface area contributed by atoms with Crippen molar-refractivity contribution in [3.05, 3.63) is 66.5 Å². The third kappa shape index (κ3) is 4.44. The first kappa shape index (κ1) is 21.8. The maximum atomic E-state index is 13.3. The topological polar surface area (TPSA) is 111 Å². The molecule has 0 aliphatic carbocycles. The summed E-state index contributed by atoms with van der Waals surface area (Å²) in [5, 5.41) is 20.3. The molecule has 0 radical (unpaired) electrons. The van der Waals surface area contributed by atoms with Gasteiger partial charge in [0.2, 0.25) is 15.9 Å². The molecular formula is C23H23N3O5S. The van der Waals surface area contributed by atoms with E-state index in [0.717, 1.165) is 5.39 Å². The number of aromatic hydroxyl groups is 2. The van der Waals surface area contributed by atoms with E-state index in [1.807, 2.05) is 6.07 Å². The fourth-order valence-corrected chi connectivity index (χ4v) is 5.41. The lowest BCUT2D eigenvalue weighted by Crippen LogP contribution is -2.36. The van der Waals surface area contributed by atoms with Crippen LogP contribution in [0.3, 0.4) is 0 Å². The van der Waals surface area contributed by atoms with Gasteiger partial charge in [-0.3, -0.25) is 9.78 Å². The van der Waals surface area contributed by atoms with Crippen LogP contribution in [0.4, 0.5) is 0 Å². The number of phenols is 2. The number of hydrogen-bond donors (Lipinski definition) is 2. The van der Waals surface area contributed by atoms with E-state index in [0.29, 0.717) is 30.5 Å². The van der Waals surface area contributed by atoms with Crippen LogP contribution in [0, 0.1) is 0 Å². The maximum absolute atomic E-state index is 13.3. The Balaban J connectivity index is 1.48. The molecule has 4 rings (SSSR count). The van der Waals surface area contributed by atoms with Crippen LogP contribution in [0.2, 0.25) is 0 Å². The summed E-state index contributed by atoms with van der Waals surface area (Å²) in [4.78, 5) is 18.5. The third-order valence-electron chi connectivity index (χ3n) is 5.44. The number of benzene rings is 2. The minimum Gasteiger partial charge on any atom is -0.504 e. The van der Waals surface area contributed by atoms with Crippen LogP contribution >= 0.6 is 0 Å². The van der Waals surface area contributed by atoms with Crippen LogP contribution in [0.25, 0.3) is 16.8 Å². The van der Waals surface area contributed by atoms with Gasteiger partial charge in [0, 0.05) is 55.4 Å². The summed E-state index contributed by atoms with van der Waals surface area (Å²) in [5.41, 5.74) is 0.568. The van der Waals surface area contributed by atoms with Gasteiger partial charge in [-0.1, -0.05) is 18.2 Å². The SMILES string of the molecule is O=C(/C=C/c1ccc(O)c(O)c1)N1CCCN(S(=O)(=O)c2cccc3cnccc23)CC1. The number of sulfonamides is 1. The number of rotatable bonds is 4. The number of pyridine rings is 1. The van der Waals surface area contributed by atoms with Gasteiger partial charge in [0.15, 0.2) is 11.5 Å². The van der Waals surface area contributed by atoms with Gasteiger partial charge in [-0.15, -0.1) is 0 Å². The second-order valence-electron chi connectivity index (χ2n) is 7.52. The molecule has 1 fully saturated rings. The van der Waals surface area contributed by atoms with Crippen LogP contribution < -0.4 is 0 Å². The molecule has 2 aromatic carbocycles. The summed E-state index contributed by atoms with van der Waals surface area (Å²) in [6, 6.07) is 11.1. The largest absolute Gasteiger partial charge is 0.504 e. The van der Waals surface area contributed by atoms with Crippen molar-refractivity contribution in [3.8, 4) is 11.5 Å².